The lowest BCUT2D eigenvalue weighted by atomic mass is 10.1. The number of ether oxygens (including phenoxy) is 1. The molecule has 0 aliphatic carbocycles. The van der Waals surface area contributed by atoms with Gasteiger partial charge in [-0.25, -0.2) is 0 Å². The summed E-state index contributed by atoms with van der Waals surface area (Å²) < 4.78 is 5.39. The van der Waals surface area contributed by atoms with Crippen molar-refractivity contribution in [3.63, 3.8) is 0 Å². The van der Waals surface area contributed by atoms with E-state index in [4.69, 9.17) is 10.00 Å². The quantitative estimate of drug-likeness (QED) is 0.911. The monoisotopic (exact) mass is 335 g/mol. The van der Waals surface area contributed by atoms with E-state index in [1.165, 1.54) is 5.56 Å². The number of nitriles is 1. The number of amides is 1. The highest BCUT2D eigenvalue weighted by Crippen LogP contribution is 2.13. The van der Waals surface area contributed by atoms with Crippen LogP contribution in [-0.2, 0) is 17.8 Å². The molecular formula is C20H21N3O2. The molecule has 1 heterocycles. The van der Waals surface area contributed by atoms with Crippen molar-refractivity contribution < 1.29 is 9.53 Å². The van der Waals surface area contributed by atoms with Gasteiger partial charge in [-0.3, -0.25) is 9.69 Å². The van der Waals surface area contributed by atoms with Gasteiger partial charge < -0.3 is 10.1 Å². The first kappa shape index (κ1) is 17.2. The Morgan fingerprint density at radius 2 is 1.76 bits per heavy atom. The highest BCUT2D eigenvalue weighted by Gasteiger charge is 2.13. The van der Waals surface area contributed by atoms with Crippen molar-refractivity contribution in [2.24, 2.45) is 0 Å². The van der Waals surface area contributed by atoms with E-state index in [-0.39, 0.29) is 5.91 Å². The maximum absolute atomic E-state index is 12.3. The van der Waals surface area contributed by atoms with Gasteiger partial charge in [0.2, 0.25) is 0 Å². The van der Waals surface area contributed by atoms with Crippen LogP contribution in [0, 0.1) is 11.3 Å². The molecule has 3 rings (SSSR count). The second-order valence-corrected chi connectivity index (χ2v) is 6.03. The largest absolute Gasteiger partial charge is 0.379 e. The van der Waals surface area contributed by atoms with Gasteiger partial charge >= 0.3 is 0 Å². The Kier molecular flexibility index (Phi) is 5.78. The van der Waals surface area contributed by atoms with Crippen molar-refractivity contribution in [3.8, 4) is 6.07 Å². The number of benzene rings is 2. The summed E-state index contributed by atoms with van der Waals surface area (Å²) in [5.74, 6) is -0.134. The first-order chi connectivity index (χ1) is 12.3. The fourth-order valence-corrected chi connectivity index (χ4v) is 2.86. The van der Waals surface area contributed by atoms with Gasteiger partial charge in [-0.05, 0) is 35.4 Å². The molecule has 0 spiro atoms. The molecule has 0 radical (unpaired) electrons. The molecule has 0 atom stereocenters. The standard InChI is InChI=1S/C20H21N3O2/c21-13-16-5-7-17(8-6-16)20(24)22-14-18-3-1-2-4-19(18)15-23-9-11-25-12-10-23/h1-8H,9-12,14-15H2,(H,22,24). The Labute approximate surface area is 147 Å². The van der Waals surface area contributed by atoms with Crippen molar-refractivity contribution in [3.05, 3.63) is 70.8 Å². The van der Waals surface area contributed by atoms with E-state index in [1.54, 1.807) is 24.3 Å². The SMILES string of the molecule is N#Cc1ccc(C(=O)NCc2ccccc2CN2CCOCC2)cc1. The first-order valence-corrected chi connectivity index (χ1v) is 8.41. The van der Waals surface area contributed by atoms with Crippen molar-refractivity contribution in [1.82, 2.24) is 10.2 Å². The number of carbonyl (C=O) groups is 1. The molecule has 1 fully saturated rings. The van der Waals surface area contributed by atoms with E-state index in [0.29, 0.717) is 17.7 Å². The number of hydrogen-bond acceptors (Lipinski definition) is 4. The summed E-state index contributed by atoms with van der Waals surface area (Å²) in [6, 6.07) is 16.9. The van der Waals surface area contributed by atoms with Crippen LogP contribution in [0.2, 0.25) is 0 Å². The summed E-state index contributed by atoms with van der Waals surface area (Å²) in [5, 5.41) is 11.8. The maximum Gasteiger partial charge on any atom is 0.251 e. The predicted molar refractivity (Wildman–Crippen MR) is 94.9 cm³/mol. The lowest BCUT2D eigenvalue weighted by Gasteiger charge is -2.27. The average molecular weight is 335 g/mol. The lowest BCUT2D eigenvalue weighted by molar-refractivity contribution is 0.0340. The van der Waals surface area contributed by atoms with Crippen LogP contribution in [0.1, 0.15) is 27.0 Å². The molecule has 0 bridgehead atoms. The third-order valence-electron chi connectivity index (χ3n) is 4.33. The minimum absolute atomic E-state index is 0.134. The minimum atomic E-state index is -0.134. The zero-order valence-corrected chi connectivity index (χ0v) is 14.1. The van der Waals surface area contributed by atoms with Gasteiger partial charge in [-0.2, -0.15) is 5.26 Å². The number of carbonyl (C=O) groups excluding carboxylic acids is 1. The second kappa shape index (κ2) is 8.43. The molecule has 1 aliphatic rings. The Morgan fingerprint density at radius 3 is 2.44 bits per heavy atom. The van der Waals surface area contributed by atoms with Crippen molar-refractivity contribution in [2.45, 2.75) is 13.1 Å². The lowest BCUT2D eigenvalue weighted by Crippen LogP contribution is -2.36. The van der Waals surface area contributed by atoms with E-state index in [2.05, 4.69) is 28.4 Å². The van der Waals surface area contributed by atoms with E-state index in [9.17, 15) is 4.79 Å². The van der Waals surface area contributed by atoms with E-state index in [0.717, 1.165) is 38.4 Å². The summed E-state index contributed by atoms with van der Waals surface area (Å²) in [5.41, 5.74) is 3.46. The number of hydrogen-bond donors (Lipinski definition) is 1. The first-order valence-electron chi connectivity index (χ1n) is 8.41. The van der Waals surface area contributed by atoms with Gasteiger partial charge in [-0.1, -0.05) is 24.3 Å². The topological polar surface area (TPSA) is 65.4 Å². The van der Waals surface area contributed by atoms with Gasteiger partial charge in [-0.15, -0.1) is 0 Å². The third kappa shape index (κ3) is 4.66. The third-order valence-corrected chi connectivity index (χ3v) is 4.33. The highest BCUT2D eigenvalue weighted by molar-refractivity contribution is 5.94. The molecule has 1 N–H and O–H groups in total. The molecule has 5 heteroatoms. The van der Waals surface area contributed by atoms with E-state index >= 15 is 0 Å². The van der Waals surface area contributed by atoms with Crippen LogP contribution in [0.3, 0.4) is 0 Å². The highest BCUT2D eigenvalue weighted by atomic mass is 16.5. The molecule has 2 aromatic rings. The van der Waals surface area contributed by atoms with Gasteiger partial charge in [0.25, 0.3) is 5.91 Å². The summed E-state index contributed by atoms with van der Waals surface area (Å²) in [6.45, 7) is 4.78. The van der Waals surface area contributed by atoms with E-state index in [1.807, 2.05) is 12.1 Å². The van der Waals surface area contributed by atoms with Gasteiger partial charge in [0.05, 0.1) is 24.8 Å². The van der Waals surface area contributed by atoms with Crippen LogP contribution in [0.5, 0.6) is 0 Å². The van der Waals surface area contributed by atoms with Crippen LogP contribution in [0.25, 0.3) is 0 Å². The zero-order chi connectivity index (χ0) is 17.5. The normalized spacial score (nSPS) is 14.7. The molecule has 1 aliphatic heterocycles. The summed E-state index contributed by atoms with van der Waals surface area (Å²) in [7, 11) is 0. The molecule has 0 aromatic heterocycles. The molecule has 1 saturated heterocycles. The van der Waals surface area contributed by atoms with Crippen LogP contribution < -0.4 is 5.32 Å². The molecule has 128 valence electrons. The van der Waals surface area contributed by atoms with Gasteiger partial charge in [0.1, 0.15) is 0 Å². The molecule has 2 aromatic carbocycles. The van der Waals surface area contributed by atoms with Crippen LogP contribution in [-0.4, -0.2) is 37.1 Å². The van der Waals surface area contributed by atoms with Crippen LogP contribution in [0.15, 0.2) is 48.5 Å². The number of rotatable bonds is 5. The fourth-order valence-electron chi connectivity index (χ4n) is 2.86. The molecule has 0 saturated carbocycles. The molecule has 0 unspecified atom stereocenters. The van der Waals surface area contributed by atoms with Crippen molar-refractivity contribution in [1.29, 1.82) is 5.26 Å². The summed E-state index contributed by atoms with van der Waals surface area (Å²) >= 11 is 0. The second-order valence-electron chi connectivity index (χ2n) is 6.03. The van der Waals surface area contributed by atoms with Crippen LogP contribution in [0.4, 0.5) is 0 Å². The summed E-state index contributed by atoms with van der Waals surface area (Å²) in [6.07, 6.45) is 0. The Hall–Kier alpha value is -2.68. The molecule has 5 nitrogen and oxygen atoms in total. The smallest absolute Gasteiger partial charge is 0.251 e. The Bertz CT molecular complexity index is 759. The molecular weight excluding hydrogens is 314 g/mol. The Balaban J connectivity index is 1.62. The maximum atomic E-state index is 12.3. The minimum Gasteiger partial charge on any atom is -0.379 e. The Morgan fingerprint density at radius 1 is 1.08 bits per heavy atom. The summed E-state index contributed by atoms with van der Waals surface area (Å²) in [4.78, 5) is 14.7. The van der Waals surface area contributed by atoms with Crippen molar-refractivity contribution >= 4 is 5.91 Å². The number of nitrogens with one attached hydrogen (secondary N) is 1. The van der Waals surface area contributed by atoms with E-state index < -0.39 is 0 Å². The molecule has 1 amide bonds. The average Bonchev–Trinajstić information content (AvgIpc) is 2.68. The zero-order valence-electron chi connectivity index (χ0n) is 14.1. The van der Waals surface area contributed by atoms with Crippen molar-refractivity contribution in [2.75, 3.05) is 26.3 Å². The predicted octanol–water partition coefficient (Wildman–Crippen LogP) is 2.32. The fraction of sp³-hybridized carbons (Fsp3) is 0.300. The van der Waals surface area contributed by atoms with Crippen LogP contribution >= 0.6 is 0 Å². The molecule has 25 heavy (non-hydrogen) atoms. The number of nitrogens with zero attached hydrogens (tertiary/aromatic N) is 2. The van der Waals surface area contributed by atoms with Gasteiger partial charge in [0.15, 0.2) is 0 Å². The van der Waals surface area contributed by atoms with Gasteiger partial charge in [0, 0.05) is 31.7 Å². The number of morpholine rings is 1.